The average Bonchev–Trinajstić information content (AvgIpc) is 2.58. The van der Waals surface area contributed by atoms with Gasteiger partial charge in [0.1, 0.15) is 6.29 Å². The van der Waals surface area contributed by atoms with Crippen LogP contribution in [0.25, 0.3) is 0 Å². The first kappa shape index (κ1) is 12.1. The quantitative estimate of drug-likeness (QED) is 0.687. The van der Waals surface area contributed by atoms with Crippen LogP contribution in [-0.2, 0) is 9.53 Å². The normalized spacial score (nSPS) is 35.1. The minimum atomic E-state index is 0.0600. The number of rotatable bonds is 3. The molecule has 0 bridgehead atoms. The van der Waals surface area contributed by atoms with E-state index in [9.17, 15) is 4.79 Å². The zero-order valence-electron chi connectivity index (χ0n) is 10.4. The summed E-state index contributed by atoms with van der Waals surface area (Å²) >= 11 is 0. The lowest BCUT2D eigenvalue weighted by Gasteiger charge is -2.32. The third kappa shape index (κ3) is 3.05. The average molecular weight is 225 g/mol. The summed E-state index contributed by atoms with van der Waals surface area (Å²) in [4.78, 5) is 13.2. The second kappa shape index (κ2) is 4.84. The lowest BCUT2D eigenvalue weighted by atomic mass is 9.99. The summed E-state index contributed by atoms with van der Waals surface area (Å²) in [6.07, 6.45) is 6.03. The highest BCUT2D eigenvalue weighted by Gasteiger charge is 2.33. The number of hydrogen-bond acceptors (Lipinski definition) is 3. The number of piperidine rings is 1. The molecule has 0 aromatic rings. The van der Waals surface area contributed by atoms with Gasteiger partial charge in [-0.3, -0.25) is 0 Å². The second-order valence-corrected chi connectivity index (χ2v) is 5.84. The van der Waals surface area contributed by atoms with Crippen LogP contribution in [-0.4, -0.2) is 42.5 Å². The molecule has 2 rings (SSSR count). The fourth-order valence-electron chi connectivity index (χ4n) is 2.86. The summed E-state index contributed by atoms with van der Waals surface area (Å²) in [6.45, 7) is 7.40. The predicted octanol–water partition coefficient (Wildman–Crippen LogP) is 1.85. The van der Waals surface area contributed by atoms with Crippen LogP contribution in [0.15, 0.2) is 0 Å². The van der Waals surface area contributed by atoms with Crippen molar-refractivity contribution < 1.29 is 9.53 Å². The maximum Gasteiger partial charge on any atom is 0.124 e. The van der Waals surface area contributed by atoms with Crippen LogP contribution >= 0.6 is 0 Å². The molecule has 2 unspecified atom stereocenters. The Hall–Kier alpha value is -0.410. The Kier molecular flexibility index (Phi) is 3.65. The van der Waals surface area contributed by atoms with E-state index in [1.165, 1.54) is 0 Å². The van der Waals surface area contributed by atoms with Crippen molar-refractivity contribution in [2.24, 2.45) is 5.92 Å². The van der Waals surface area contributed by atoms with Crippen LogP contribution in [0.3, 0.4) is 0 Å². The van der Waals surface area contributed by atoms with Crippen LogP contribution < -0.4 is 0 Å². The molecule has 0 aromatic carbocycles. The van der Waals surface area contributed by atoms with Gasteiger partial charge >= 0.3 is 0 Å². The van der Waals surface area contributed by atoms with Crippen molar-refractivity contribution >= 4 is 6.29 Å². The Balaban J connectivity index is 1.79. The van der Waals surface area contributed by atoms with E-state index in [0.717, 1.165) is 51.6 Å². The van der Waals surface area contributed by atoms with E-state index in [1.54, 1.807) is 0 Å². The Morgan fingerprint density at radius 2 is 2.25 bits per heavy atom. The molecule has 2 heterocycles. The number of carbonyl (C=O) groups excluding carboxylic acids is 1. The number of hydrogen-bond donors (Lipinski definition) is 0. The van der Waals surface area contributed by atoms with Crippen molar-refractivity contribution in [1.82, 2.24) is 4.90 Å². The minimum Gasteiger partial charge on any atom is -0.371 e. The van der Waals surface area contributed by atoms with Gasteiger partial charge in [-0.25, -0.2) is 0 Å². The molecule has 16 heavy (non-hydrogen) atoms. The fourth-order valence-corrected chi connectivity index (χ4v) is 2.86. The van der Waals surface area contributed by atoms with Crippen molar-refractivity contribution in [1.29, 1.82) is 0 Å². The molecule has 3 heteroatoms. The van der Waals surface area contributed by atoms with E-state index in [-0.39, 0.29) is 11.5 Å². The Morgan fingerprint density at radius 3 is 2.88 bits per heavy atom. The van der Waals surface area contributed by atoms with E-state index in [2.05, 4.69) is 18.7 Å². The van der Waals surface area contributed by atoms with Gasteiger partial charge in [-0.15, -0.1) is 0 Å². The van der Waals surface area contributed by atoms with Crippen LogP contribution in [0, 0.1) is 5.92 Å². The first-order chi connectivity index (χ1) is 7.59. The lowest BCUT2D eigenvalue weighted by Crippen LogP contribution is -2.41. The number of likely N-dealkylation sites (tertiary alicyclic amines) is 1. The van der Waals surface area contributed by atoms with Gasteiger partial charge in [0.05, 0.1) is 11.7 Å². The largest absolute Gasteiger partial charge is 0.371 e. The van der Waals surface area contributed by atoms with Gasteiger partial charge < -0.3 is 14.4 Å². The SMILES string of the molecule is CC1(C)CCC(CN2CCCC(C=O)C2)O1. The third-order valence-corrected chi connectivity index (χ3v) is 3.75. The van der Waals surface area contributed by atoms with Gasteiger partial charge in [-0.2, -0.15) is 0 Å². The highest BCUT2D eigenvalue weighted by atomic mass is 16.5. The summed E-state index contributed by atoms with van der Waals surface area (Å²) in [5.74, 6) is 0.253. The van der Waals surface area contributed by atoms with Gasteiger partial charge in [-0.05, 0) is 46.1 Å². The maximum atomic E-state index is 10.8. The Labute approximate surface area is 98.1 Å². The van der Waals surface area contributed by atoms with Gasteiger partial charge in [0.15, 0.2) is 0 Å². The molecular formula is C13H23NO2. The summed E-state index contributed by atoms with van der Waals surface area (Å²) in [6, 6.07) is 0. The monoisotopic (exact) mass is 225 g/mol. The molecule has 3 nitrogen and oxygen atoms in total. The number of aldehydes is 1. The van der Waals surface area contributed by atoms with Crippen molar-refractivity contribution in [2.45, 2.75) is 51.2 Å². The first-order valence-electron chi connectivity index (χ1n) is 6.44. The molecule has 0 aromatic heterocycles. The molecule has 2 fully saturated rings. The maximum absolute atomic E-state index is 10.8. The molecule has 0 saturated carbocycles. The van der Waals surface area contributed by atoms with Crippen LogP contribution in [0.4, 0.5) is 0 Å². The molecule has 92 valence electrons. The first-order valence-corrected chi connectivity index (χ1v) is 6.44. The van der Waals surface area contributed by atoms with Crippen molar-refractivity contribution in [3.63, 3.8) is 0 Å². The summed E-state index contributed by atoms with van der Waals surface area (Å²) in [5, 5.41) is 0. The van der Waals surface area contributed by atoms with Crippen LogP contribution in [0.2, 0.25) is 0 Å². The number of nitrogens with zero attached hydrogens (tertiary/aromatic N) is 1. The van der Waals surface area contributed by atoms with Crippen LogP contribution in [0.1, 0.15) is 39.5 Å². The number of carbonyl (C=O) groups is 1. The van der Waals surface area contributed by atoms with Gasteiger partial charge in [-0.1, -0.05) is 0 Å². The smallest absolute Gasteiger partial charge is 0.124 e. The van der Waals surface area contributed by atoms with Gasteiger partial charge in [0.25, 0.3) is 0 Å². The molecular weight excluding hydrogens is 202 g/mol. The van der Waals surface area contributed by atoms with E-state index < -0.39 is 0 Å². The molecule has 0 spiro atoms. The standard InChI is InChI=1S/C13H23NO2/c1-13(2)6-5-12(16-13)9-14-7-3-4-11(8-14)10-15/h10-12H,3-9H2,1-2H3. The molecule has 2 atom stereocenters. The summed E-state index contributed by atoms with van der Waals surface area (Å²) < 4.78 is 5.99. The van der Waals surface area contributed by atoms with Crippen molar-refractivity contribution in [3.8, 4) is 0 Å². The van der Waals surface area contributed by atoms with Crippen molar-refractivity contribution in [3.05, 3.63) is 0 Å². The van der Waals surface area contributed by atoms with Gasteiger partial charge in [0, 0.05) is 19.0 Å². The Morgan fingerprint density at radius 1 is 1.44 bits per heavy atom. The second-order valence-electron chi connectivity index (χ2n) is 5.84. The zero-order valence-corrected chi connectivity index (χ0v) is 10.4. The highest BCUT2D eigenvalue weighted by Crippen LogP contribution is 2.30. The van der Waals surface area contributed by atoms with Gasteiger partial charge in [0.2, 0.25) is 0 Å². The van der Waals surface area contributed by atoms with Crippen LogP contribution in [0.5, 0.6) is 0 Å². The minimum absolute atomic E-state index is 0.0600. The molecule has 2 aliphatic rings. The molecule has 0 N–H and O–H groups in total. The third-order valence-electron chi connectivity index (χ3n) is 3.75. The van der Waals surface area contributed by atoms with E-state index >= 15 is 0 Å². The van der Waals surface area contributed by atoms with Crippen molar-refractivity contribution in [2.75, 3.05) is 19.6 Å². The Bertz CT molecular complexity index is 252. The van der Waals surface area contributed by atoms with E-state index in [4.69, 9.17) is 4.74 Å². The molecule has 0 radical (unpaired) electrons. The molecule has 0 amide bonds. The summed E-state index contributed by atoms with van der Waals surface area (Å²) in [5.41, 5.74) is 0.0600. The lowest BCUT2D eigenvalue weighted by molar-refractivity contribution is -0.113. The highest BCUT2D eigenvalue weighted by molar-refractivity contribution is 5.53. The van der Waals surface area contributed by atoms with E-state index in [0.29, 0.717) is 6.10 Å². The van der Waals surface area contributed by atoms with E-state index in [1.807, 2.05) is 0 Å². The number of ether oxygens (including phenoxy) is 1. The molecule has 2 saturated heterocycles. The molecule has 0 aliphatic carbocycles. The fraction of sp³-hybridized carbons (Fsp3) is 0.923. The molecule has 2 aliphatic heterocycles. The predicted molar refractivity (Wildman–Crippen MR) is 63.4 cm³/mol. The zero-order chi connectivity index (χ0) is 11.6. The summed E-state index contributed by atoms with van der Waals surface area (Å²) in [7, 11) is 0. The topological polar surface area (TPSA) is 29.5 Å².